The number of fused-ring (bicyclic) bond motifs is 2. The largest absolute Gasteiger partial charge is 0.493 e. The molecule has 7 aromatic rings. The van der Waals surface area contributed by atoms with Gasteiger partial charge < -0.3 is 20.4 Å². The average Bonchev–Trinajstić information content (AvgIpc) is 3.05. The first-order chi connectivity index (χ1) is 23.1. The van der Waals surface area contributed by atoms with Gasteiger partial charge in [-0.25, -0.2) is 19.6 Å². The molecule has 7 aromatic carbocycles. The molecule has 0 atom stereocenters. The molecule has 8 nitrogen and oxygen atoms in total. The molecule has 0 saturated carbocycles. The van der Waals surface area contributed by atoms with Crippen LogP contribution in [-0.4, -0.2) is 44.2 Å². The molecular formula is C40H30N2O6. The summed E-state index contributed by atoms with van der Waals surface area (Å²) in [6.45, 7) is 5.85. The summed E-state index contributed by atoms with van der Waals surface area (Å²) in [5.74, 6) is -2.96. The average molecular weight is 635 g/mol. The van der Waals surface area contributed by atoms with E-state index in [2.05, 4.69) is 9.98 Å². The van der Waals surface area contributed by atoms with Crippen LogP contribution in [-0.2, 0) is 6.42 Å². The molecule has 8 heteroatoms. The number of rotatable bonds is 7. The van der Waals surface area contributed by atoms with E-state index in [1.807, 2.05) is 69.3 Å². The minimum atomic E-state index is -1.23. The van der Waals surface area contributed by atoms with Crippen LogP contribution in [0.2, 0.25) is 0 Å². The van der Waals surface area contributed by atoms with E-state index in [-0.39, 0.29) is 28.3 Å². The Morgan fingerprint density at radius 2 is 1.00 bits per heavy atom. The number of carboxylic acids is 2. The van der Waals surface area contributed by atoms with Gasteiger partial charge in [-0.1, -0.05) is 49.4 Å². The summed E-state index contributed by atoms with van der Waals surface area (Å²) in [4.78, 5) is 33.9. The maximum Gasteiger partial charge on any atom is 0.336 e. The molecule has 0 aliphatic heterocycles. The number of aryl methyl sites for hydroxylation is 3. The van der Waals surface area contributed by atoms with Crippen LogP contribution in [0.4, 0.5) is 11.4 Å². The van der Waals surface area contributed by atoms with Crippen LogP contribution in [0.15, 0.2) is 101 Å². The highest BCUT2D eigenvalue weighted by Gasteiger charge is 2.26. The lowest BCUT2D eigenvalue weighted by Crippen LogP contribution is -2.09. The number of nitrogens with zero attached hydrogens (tertiary/aromatic N) is 2. The lowest BCUT2D eigenvalue weighted by Gasteiger charge is -2.21. The van der Waals surface area contributed by atoms with Crippen LogP contribution in [0.5, 0.6) is 0 Å². The van der Waals surface area contributed by atoms with Crippen molar-refractivity contribution in [2.75, 3.05) is 0 Å². The van der Waals surface area contributed by atoms with Gasteiger partial charge in [0.25, 0.3) is 0 Å². The summed E-state index contributed by atoms with van der Waals surface area (Å²) >= 11 is 0. The van der Waals surface area contributed by atoms with Crippen LogP contribution in [0.3, 0.4) is 0 Å². The molecule has 0 aliphatic rings. The van der Waals surface area contributed by atoms with Gasteiger partial charge in [-0.3, -0.25) is 0 Å². The SMILES string of the molecule is CCc1cc(C(O)=Nc2cccc(C)c2)c2c(C(O)=Nc3cccc(C)c3)ccc3c4ccc(C(=O)O)c5c(C(=O)O)ccc(c1c23)c54. The predicted octanol–water partition coefficient (Wildman–Crippen LogP) is 9.59. The van der Waals surface area contributed by atoms with Gasteiger partial charge in [-0.15, -0.1) is 0 Å². The molecule has 0 bridgehead atoms. The van der Waals surface area contributed by atoms with Crippen molar-refractivity contribution in [3.8, 4) is 0 Å². The number of carboxylic acid groups (broad SMARTS) is 2. The molecule has 0 aromatic heterocycles. The van der Waals surface area contributed by atoms with Gasteiger partial charge >= 0.3 is 11.9 Å². The first-order valence-corrected chi connectivity index (χ1v) is 15.5. The highest BCUT2D eigenvalue weighted by Crippen LogP contribution is 2.46. The first kappa shape index (κ1) is 30.4. The van der Waals surface area contributed by atoms with Gasteiger partial charge in [-0.2, -0.15) is 0 Å². The second-order valence-corrected chi connectivity index (χ2v) is 12.0. The molecule has 236 valence electrons. The van der Waals surface area contributed by atoms with Crippen molar-refractivity contribution in [1.29, 1.82) is 0 Å². The smallest absolute Gasteiger partial charge is 0.336 e. The molecule has 7 rings (SSSR count). The molecule has 0 spiro atoms. The summed E-state index contributed by atoms with van der Waals surface area (Å²) in [5, 5.41) is 48.2. The Morgan fingerprint density at radius 3 is 1.52 bits per heavy atom. The number of aliphatic imine (C=N–C) groups is 2. The predicted molar refractivity (Wildman–Crippen MR) is 191 cm³/mol. The highest BCUT2D eigenvalue weighted by molar-refractivity contribution is 6.39. The minimum Gasteiger partial charge on any atom is -0.493 e. The summed E-state index contributed by atoms with van der Waals surface area (Å²) in [5.41, 5.74) is 4.43. The number of carbonyl (C=O) groups is 2. The molecule has 0 amide bonds. The minimum absolute atomic E-state index is 0.107. The first-order valence-electron chi connectivity index (χ1n) is 15.5. The third-order valence-corrected chi connectivity index (χ3v) is 8.88. The van der Waals surface area contributed by atoms with Crippen LogP contribution in [0, 0.1) is 13.8 Å². The van der Waals surface area contributed by atoms with Gasteiger partial charge in [0, 0.05) is 21.9 Å². The van der Waals surface area contributed by atoms with Gasteiger partial charge in [0.1, 0.15) is 0 Å². The molecule has 0 heterocycles. The van der Waals surface area contributed by atoms with E-state index in [0.29, 0.717) is 61.2 Å². The molecule has 4 N–H and O–H groups in total. The normalized spacial score (nSPS) is 12.5. The van der Waals surface area contributed by atoms with Gasteiger partial charge in [0.2, 0.25) is 11.8 Å². The zero-order valence-corrected chi connectivity index (χ0v) is 26.4. The number of hydrogen-bond donors (Lipinski definition) is 4. The Balaban J connectivity index is 1.69. The third kappa shape index (κ3) is 4.86. The molecular weight excluding hydrogens is 604 g/mol. The van der Waals surface area contributed by atoms with Crippen LogP contribution >= 0.6 is 0 Å². The fourth-order valence-corrected chi connectivity index (χ4v) is 6.84. The monoisotopic (exact) mass is 634 g/mol. The molecule has 0 aliphatic carbocycles. The topological polar surface area (TPSA) is 140 Å². The lowest BCUT2D eigenvalue weighted by atomic mass is 9.82. The number of aromatic carboxylic acids is 2. The van der Waals surface area contributed by atoms with E-state index in [4.69, 9.17) is 0 Å². The summed E-state index contributed by atoms with van der Waals surface area (Å²) in [7, 11) is 0. The van der Waals surface area contributed by atoms with E-state index in [1.165, 1.54) is 12.1 Å². The van der Waals surface area contributed by atoms with Crippen molar-refractivity contribution in [2.45, 2.75) is 27.2 Å². The van der Waals surface area contributed by atoms with Crippen molar-refractivity contribution in [2.24, 2.45) is 9.98 Å². The Labute approximate surface area is 274 Å². The second kappa shape index (κ2) is 11.5. The van der Waals surface area contributed by atoms with E-state index < -0.39 is 11.9 Å². The standard InChI is InChI=1S/C40H30N2O6/c1-4-22-19-31(38(44)42-24-10-6-8-21(3)18-24)34-28(37(43)41-23-9-5-7-20(2)17-23)14-11-26-25-12-15-29(39(45)46)35-30(40(47)48)16-13-27(33(25)35)32(22)36(26)34/h5-19H,4H2,1-3H3,(H,41,43)(H,42,44)(H,45,46)(H,47,48). The van der Waals surface area contributed by atoms with Crippen molar-refractivity contribution >= 4 is 78.2 Å². The quantitative estimate of drug-likeness (QED) is 0.0596. The number of aliphatic hydroxyl groups excluding tert-OH is 2. The Hall–Kier alpha value is -6.28. The number of hydrogen-bond acceptors (Lipinski definition) is 4. The van der Waals surface area contributed by atoms with Crippen LogP contribution in [0.25, 0.3) is 43.1 Å². The van der Waals surface area contributed by atoms with Crippen molar-refractivity contribution in [3.05, 3.63) is 130 Å². The summed E-state index contributed by atoms with van der Waals surface area (Å²) in [6, 6.07) is 26.5. The zero-order valence-electron chi connectivity index (χ0n) is 26.4. The Morgan fingerprint density at radius 1 is 0.521 bits per heavy atom. The van der Waals surface area contributed by atoms with Gasteiger partial charge in [-0.05, 0) is 118 Å². The fourth-order valence-electron chi connectivity index (χ4n) is 6.84. The van der Waals surface area contributed by atoms with E-state index in [0.717, 1.165) is 22.1 Å². The molecule has 0 radical (unpaired) electrons. The third-order valence-electron chi connectivity index (χ3n) is 8.88. The number of aliphatic hydroxyl groups is 2. The van der Waals surface area contributed by atoms with Crippen molar-refractivity contribution in [3.63, 3.8) is 0 Å². The van der Waals surface area contributed by atoms with Crippen molar-refractivity contribution in [1.82, 2.24) is 0 Å². The van der Waals surface area contributed by atoms with Crippen LogP contribution in [0.1, 0.15) is 55.5 Å². The van der Waals surface area contributed by atoms with E-state index in [1.54, 1.807) is 30.3 Å². The van der Waals surface area contributed by atoms with Gasteiger partial charge in [0.15, 0.2) is 0 Å². The summed E-state index contributed by atoms with van der Waals surface area (Å²) < 4.78 is 0. The Kier molecular flexibility index (Phi) is 7.28. The fraction of sp³-hybridized carbons (Fsp3) is 0.100. The second-order valence-electron chi connectivity index (χ2n) is 12.0. The Bertz CT molecular complexity index is 2530. The molecule has 0 fully saturated rings. The van der Waals surface area contributed by atoms with Gasteiger partial charge in [0.05, 0.1) is 22.5 Å². The van der Waals surface area contributed by atoms with Crippen molar-refractivity contribution < 1.29 is 30.0 Å². The maximum atomic E-state index is 12.4. The summed E-state index contributed by atoms with van der Waals surface area (Å²) in [6.07, 6.45) is 0.527. The van der Waals surface area contributed by atoms with Crippen LogP contribution < -0.4 is 0 Å². The molecule has 0 unspecified atom stereocenters. The highest BCUT2D eigenvalue weighted by atomic mass is 16.4. The number of benzene rings is 7. The lowest BCUT2D eigenvalue weighted by molar-refractivity contribution is 0.0695. The molecule has 0 saturated heterocycles. The van der Waals surface area contributed by atoms with E-state index >= 15 is 0 Å². The van der Waals surface area contributed by atoms with E-state index in [9.17, 15) is 30.0 Å². The molecule has 48 heavy (non-hydrogen) atoms. The maximum absolute atomic E-state index is 12.4. The zero-order chi connectivity index (χ0) is 33.9.